The van der Waals surface area contributed by atoms with Crippen LogP contribution in [-0.4, -0.2) is 25.2 Å². The van der Waals surface area contributed by atoms with Crippen LogP contribution in [0.2, 0.25) is 0 Å². The van der Waals surface area contributed by atoms with E-state index in [9.17, 15) is 0 Å². The minimum atomic E-state index is 0.520. The highest BCUT2D eigenvalue weighted by Gasteiger charge is 2.24. The highest BCUT2D eigenvalue weighted by atomic mass is 32.2. The molecule has 0 aliphatic carbocycles. The molecule has 1 aliphatic rings. The van der Waals surface area contributed by atoms with Crippen LogP contribution >= 0.6 is 11.8 Å². The molecular formula is C20H26N2S. The molecule has 0 bridgehead atoms. The van der Waals surface area contributed by atoms with Crippen LogP contribution in [0.3, 0.4) is 0 Å². The minimum absolute atomic E-state index is 0.520. The topological polar surface area (TPSA) is 15.3 Å². The summed E-state index contributed by atoms with van der Waals surface area (Å²) < 4.78 is 0. The van der Waals surface area contributed by atoms with Crippen LogP contribution in [0, 0.1) is 13.8 Å². The van der Waals surface area contributed by atoms with Gasteiger partial charge in [0.15, 0.2) is 0 Å². The van der Waals surface area contributed by atoms with Crippen LogP contribution in [0.15, 0.2) is 52.3 Å². The van der Waals surface area contributed by atoms with Crippen molar-refractivity contribution in [3.05, 3.63) is 53.6 Å². The van der Waals surface area contributed by atoms with Gasteiger partial charge in [-0.15, -0.1) is 0 Å². The molecule has 1 aliphatic heterocycles. The number of nitrogens with one attached hydrogen (secondary N) is 1. The van der Waals surface area contributed by atoms with Crippen LogP contribution in [0.25, 0.3) is 0 Å². The van der Waals surface area contributed by atoms with Crippen molar-refractivity contribution in [3.63, 3.8) is 0 Å². The molecule has 122 valence electrons. The number of hydrogen-bond acceptors (Lipinski definition) is 3. The molecule has 0 radical (unpaired) electrons. The maximum absolute atomic E-state index is 3.57. The number of anilines is 1. The van der Waals surface area contributed by atoms with Gasteiger partial charge in [0.2, 0.25) is 0 Å². The molecule has 0 aromatic heterocycles. The summed E-state index contributed by atoms with van der Waals surface area (Å²) in [5.41, 5.74) is 4.04. The second-order valence-electron chi connectivity index (χ2n) is 6.65. The Bertz CT molecular complexity index is 683. The van der Waals surface area contributed by atoms with Gasteiger partial charge in [0.1, 0.15) is 0 Å². The van der Waals surface area contributed by atoms with Gasteiger partial charge in [-0.2, -0.15) is 0 Å². The van der Waals surface area contributed by atoms with Gasteiger partial charge in [0.25, 0.3) is 0 Å². The zero-order chi connectivity index (χ0) is 16.4. The first-order valence-corrected chi connectivity index (χ1v) is 9.20. The lowest BCUT2D eigenvalue weighted by Crippen LogP contribution is -2.54. The molecule has 23 heavy (non-hydrogen) atoms. The largest absolute Gasteiger partial charge is 0.365 e. The van der Waals surface area contributed by atoms with E-state index in [1.54, 1.807) is 0 Å². The number of piperazine rings is 1. The maximum atomic E-state index is 3.57. The number of rotatable bonds is 3. The monoisotopic (exact) mass is 326 g/mol. The van der Waals surface area contributed by atoms with E-state index in [0.717, 1.165) is 13.1 Å². The summed E-state index contributed by atoms with van der Waals surface area (Å²) in [6.07, 6.45) is 0. The summed E-state index contributed by atoms with van der Waals surface area (Å²) >= 11 is 1.88. The van der Waals surface area contributed by atoms with Gasteiger partial charge in [-0.1, -0.05) is 41.6 Å². The number of aryl methyl sites for hydroxylation is 2. The quantitative estimate of drug-likeness (QED) is 0.884. The lowest BCUT2D eigenvalue weighted by Gasteiger charge is -2.40. The van der Waals surface area contributed by atoms with Gasteiger partial charge in [0.05, 0.1) is 5.69 Å². The van der Waals surface area contributed by atoms with Crippen molar-refractivity contribution in [1.82, 2.24) is 5.32 Å². The Morgan fingerprint density at radius 3 is 2.61 bits per heavy atom. The van der Waals surface area contributed by atoms with Crippen LogP contribution in [0.4, 0.5) is 5.69 Å². The Labute approximate surface area is 144 Å². The molecule has 0 spiro atoms. The molecule has 0 unspecified atom stereocenters. The van der Waals surface area contributed by atoms with Crippen molar-refractivity contribution in [2.24, 2.45) is 0 Å². The van der Waals surface area contributed by atoms with Gasteiger partial charge >= 0.3 is 0 Å². The van der Waals surface area contributed by atoms with E-state index in [0.29, 0.717) is 12.1 Å². The number of para-hydroxylation sites is 1. The summed E-state index contributed by atoms with van der Waals surface area (Å²) in [5.74, 6) is 0. The predicted molar refractivity (Wildman–Crippen MR) is 101 cm³/mol. The molecule has 3 rings (SSSR count). The molecule has 1 N–H and O–H groups in total. The average Bonchev–Trinajstić information content (AvgIpc) is 2.53. The molecule has 2 nitrogen and oxygen atoms in total. The van der Waals surface area contributed by atoms with Crippen molar-refractivity contribution in [2.75, 3.05) is 18.0 Å². The van der Waals surface area contributed by atoms with Gasteiger partial charge in [0, 0.05) is 35.0 Å². The zero-order valence-corrected chi connectivity index (χ0v) is 15.3. The third kappa shape index (κ3) is 3.73. The van der Waals surface area contributed by atoms with E-state index in [1.165, 1.54) is 26.6 Å². The Morgan fingerprint density at radius 2 is 1.83 bits per heavy atom. The highest BCUT2D eigenvalue weighted by Crippen LogP contribution is 2.38. The Kier molecular flexibility index (Phi) is 4.98. The second-order valence-corrected chi connectivity index (χ2v) is 7.73. The summed E-state index contributed by atoms with van der Waals surface area (Å²) in [6, 6.07) is 16.6. The van der Waals surface area contributed by atoms with E-state index in [1.807, 2.05) is 11.8 Å². The highest BCUT2D eigenvalue weighted by molar-refractivity contribution is 7.99. The number of benzene rings is 2. The zero-order valence-electron chi connectivity index (χ0n) is 14.5. The van der Waals surface area contributed by atoms with Gasteiger partial charge in [-0.05, 0) is 51.5 Å². The van der Waals surface area contributed by atoms with Gasteiger partial charge in [-0.25, -0.2) is 0 Å². The van der Waals surface area contributed by atoms with Gasteiger partial charge < -0.3 is 10.2 Å². The normalized spacial score (nSPS) is 21.5. The Balaban J connectivity index is 1.91. The van der Waals surface area contributed by atoms with Crippen LogP contribution in [0.5, 0.6) is 0 Å². The Hall–Kier alpha value is -1.45. The lowest BCUT2D eigenvalue weighted by molar-refractivity contribution is 0.423. The molecule has 3 heteroatoms. The van der Waals surface area contributed by atoms with Crippen molar-refractivity contribution < 1.29 is 0 Å². The van der Waals surface area contributed by atoms with E-state index < -0.39 is 0 Å². The molecule has 1 saturated heterocycles. The molecule has 1 fully saturated rings. The fraction of sp³-hybridized carbons (Fsp3) is 0.400. The van der Waals surface area contributed by atoms with Crippen molar-refractivity contribution in [2.45, 2.75) is 49.6 Å². The van der Waals surface area contributed by atoms with E-state index in [-0.39, 0.29) is 0 Å². The first-order chi connectivity index (χ1) is 11.0. The van der Waals surface area contributed by atoms with Gasteiger partial charge in [-0.3, -0.25) is 0 Å². The smallest absolute Gasteiger partial charge is 0.0511 e. The Morgan fingerprint density at radius 1 is 1.04 bits per heavy atom. The first kappa shape index (κ1) is 16.4. The molecule has 2 atom stereocenters. The van der Waals surface area contributed by atoms with Crippen molar-refractivity contribution in [1.29, 1.82) is 0 Å². The first-order valence-electron chi connectivity index (χ1n) is 8.39. The molecule has 0 saturated carbocycles. The molecule has 1 heterocycles. The van der Waals surface area contributed by atoms with E-state index in [2.05, 4.69) is 80.4 Å². The van der Waals surface area contributed by atoms with Crippen LogP contribution < -0.4 is 10.2 Å². The van der Waals surface area contributed by atoms with Crippen LogP contribution in [0.1, 0.15) is 25.0 Å². The molecule has 0 amide bonds. The summed E-state index contributed by atoms with van der Waals surface area (Å²) in [5, 5.41) is 3.57. The fourth-order valence-corrected chi connectivity index (χ4v) is 4.20. The van der Waals surface area contributed by atoms with Crippen molar-refractivity contribution >= 4 is 17.4 Å². The summed E-state index contributed by atoms with van der Waals surface area (Å²) in [4.78, 5) is 5.24. The summed E-state index contributed by atoms with van der Waals surface area (Å²) in [7, 11) is 0. The lowest BCUT2D eigenvalue weighted by atomic mass is 10.1. The average molecular weight is 327 g/mol. The van der Waals surface area contributed by atoms with E-state index >= 15 is 0 Å². The molecule has 2 aromatic rings. The fourth-order valence-electron chi connectivity index (χ4n) is 3.17. The standard InChI is InChI=1S/C20H26N2S/c1-14-9-10-19(15(2)11-14)23-20-8-6-5-7-18(20)22-13-16(3)21-12-17(22)4/h5-11,16-17,21H,12-13H2,1-4H3/t16-,17+/m0/s1. The number of nitrogens with zero attached hydrogens (tertiary/aromatic N) is 1. The maximum Gasteiger partial charge on any atom is 0.0511 e. The SMILES string of the molecule is Cc1ccc(Sc2ccccc2N2C[C@H](C)NC[C@H]2C)c(C)c1. The summed E-state index contributed by atoms with van der Waals surface area (Å²) in [6.45, 7) is 11.0. The van der Waals surface area contributed by atoms with Crippen LogP contribution in [-0.2, 0) is 0 Å². The van der Waals surface area contributed by atoms with Crippen molar-refractivity contribution in [3.8, 4) is 0 Å². The number of hydrogen-bond donors (Lipinski definition) is 1. The second kappa shape index (κ2) is 6.98. The third-order valence-corrected chi connectivity index (χ3v) is 5.73. The minimum Gasteiger partial charge on any atom is -0.365 e. The molecular weight excluding hydrogens is 300 g/mol. The predicted octanol–water partition coefficient (Wildman–Crippen LogP) is 4.64. The van der Waals surface area contributed by atoms with E-state index in [4.69, 9.17) is 0 Å². The third-order valence-electron chi connectivity index (χ3n) is 4.49. The molecule has 2 aromatic carbocycles.